The number of amides is 2. The van der Waals surface area contributed by atoms with E-state index in [1.807, 2.05) is 0 Å². The smallest absolute Gasteiger partial charge is 0.326 e. The zero-order valence-electron chi connectivity index (χ0n) is 10.9. The minimum absolute atomic E-state index is 0.209. The summed E-state index contributed by atoms with van der Waals surface area (Å²) in [4.78, 5) is 24.4. The van der Waals surface area contributed by atoms with E-state index in [1.54, 1.807) is 0 Å². The lowest BCUT2D eigenvalue weighted by atomic mass is 9.98. The number of urea groups is 1. The number of aliphatic carboxylic acids is 1. The molecule has 18 heavy (non-hydrogen) atoms. The second-order valence-corrected chi connectivity index (χ2v) is 5.54. The molecule has 0 aromatic heterocycles. The summed E-state index contributed by atoms with van der Waals surface area (Å²) in [5.41, 5.74) is 0. The van der Waals surface area contributed by atoms with Gasteiger partial charge in [-0.3, -0.25) is 0 Å². The van der Waals surface area contributed by atoms with Crippen LogP contribution in [0.15, 0.2) is 0 Å². The van der Waals surface area contributed by atoms with Crippen molar-refractivity contribution >= 4 is 12.0 Å². The van der Waals surface area contributed by atoms with E-state index < -0.39 is 12.0 Å². The number of nitrogens with one attached hydrogen (secondary N) is 1. The molecule has 102 valence electrons. The van der Waals surface area contributed by atoms with Gasteiger partial charge in [-0.05, 0) is 31.1 Å². The number of likely N-dealkylation sites (tertiary alicyclic amines) is 1. The van der Waals surface area contributed by atoms with E-state index in [2.05, 4.69) is 12.2 Å². The van der Waals surface area contributed by atoms with Crippen LogP contribution in [0.1, 0.15) is 39.0 Å². The van der Waals surface area contributed by atoms with Crippen molar-refractivity contribution in [2.24, 2.45) is 11.8 Å². The van der Waals surface area contributed by atoms with Crippen LogP contribution in [0.3, 0.4) is 0 Å². The zero-order valence-corrected chi connectivity index (χ0v) is 10.9. The van der Waals surface area contributed by atoms with Gasteiger partial charge >= 0.3 is 12.0 Å². The van der Waals surface area contributed by atoms with Gasteiger partial charge in [-0.25, -0.2) is 9.59 Å². The summed E-state index contributed by atoms with van der Waals surface area (Å²) in [6.45, 7) is 3.46. The number of carbonyl (C=O) groups excluding carboxylic acids is 1. The molecule has 2 N–H and O–H groups in total. The minimum atomic E-state index is -0.892. The van der Waals surface area contributed by atoms with Crippen molar-refractivity contribution in [1.29, 1.82) is 0 Å². The lowest BCUT2D eigenvalue weighted by Crippen LogP contribution is -2.47. The molecule has 5 heteroatoms. The molecule has 0 radical (unpaired) electrons. The van der Waals surface area contributed by atoms with Crippen molar-refractivity contribution in [2.45, 2.75) is 45.1 Å². The molecule has 2 rings (SSSR count). The molecule has 3 atom stereocenters. The van der Waals surface area contributed by atoms with Crippen molar-refractivity contribution in [3.8, 4) is 0 Å². The van der Waals surface area contributed by atoms with E-state index in [9.17, 15) is 9.59 Å². The summed E-state index contributed by atoms with van der Waals surface area (Å²) in [6.07, 6.45) is 5.00. The summed E-state index contributed by atoms with van der Waals surface area (Å²) in [7, 11) is 0. The highest BCUT2D eigenvalue weighted by Crippen LogP contribution is 2.30. The summed E-state index contributed by atoms with van der Waals surface area (Å²) >= 11 is 0. The first kappa shape index (κ1) is 13.2. The van der Waals surface area contributed by atoms with Gasteiger partial charge in [0.15, 0.2) is 0 Å². The van der Waals surface area contributed by atoms with Crippen LogP contribution in [-0.2, 0) is 4.79 Å². The molecule has 1 saturated heterocycles. The van der Waals surface area contributed by atoms with Crippen LogP contribution in [0, 0.1) is 11.8 Å². The van der Waals surface area contributed by atoms with Crippen LogP contribution >= 0.6 is 0 Å². The first-order valence-electron chi connectivity index (χ1n) is 6.87. The molecule has 0 spiro atoms. The normalized spacial score (nSPS) is 31.6. The van der Waals surface area contributed by atoms with E-state index in [1.165, 1.54) is 24.2 Å². The molecule has 1 aliphatic carbocycles. The Morgan fingerprint density at radius 1 is 1.28 bits per heavy atom. The Labute approximate surface area is 108 Å². The number of hydrogen-bond acceptors (Lipinski definition) is 2. The first-order chi connectivity index (χ1) is 8.59. The fraction of sp³-hybridized carbons (Fsp3) is 0.846. The van der Waals surface area contributed by atoms with Gasteiger partial charge in [0.2, 0.25) is 0 Å². The van der Waals surface area contributed by atoms with Gasteiger partial charge in [-0.15, -0.1) is 0 Å². The Hall–Kier alpha value is -1.26. The summed E-state index contributed by atoms with van der Waals surface area (Å²) < 4.78 is 0. The summed E-state index contributed by atoms with van der Waals surface area (Å²) in [6, 6.07) is -0.843. The van der Waals surface area contributed by atoms with Crippen LogP contribution in [0.25, 0.3) is 0 Å². The molecule has 1 heterocycles. The molecule has 2 aliphatic rings. The van der Waals surface area contributed by atoms with Crippen molar-refractivity contribution in [3.05, 3.63) is 0 Å². The second kappa shape index (κ2) is 5.59. The quantitative estimate of drug-likeness (QED) is 0.805. The number of carboxylic acid groups (broad SMARTS) is 1. The second-order valence-electron chi connectivity index (χ2n) is 5.54. The van der Waals surface area contributed by atoms with Crippen molar-refractivity contribution < 1.29 is 14.7 Å². The predicted molar refractivity (Wildman–Crippen MR) is 67.3 cm³/mol. The number of carboxylic acids is 1. The van der Waals surface area contributed by atoms with Crippen molar-refractivity contribution in [1.82, 2.24) is 10.2 Å². The van der Waals surface area contributed by atoms with Gasteiger partial charge in [-0.1, -0.05) is 19.8 Å². The van der Waals surface area contributed by atoms with Crippen LogP contribution in [-0.4, -0.2) is 41.1 Å². The molecule has 1 saturated carbocycles. The van der Waals surface area contributed by atoms with E-state index in [-0.39, 0.29) is 6.03 Å². The van der Waals surface area contributed by atoms with E-state index in [0.717, 1.165) is 6.42 Å². The van der Waals surface area contributed by atoms with Gasteiger partial charge in [0.25, 0.3) is 0 Å². The van der Waals surface area contributed by atoms with Gasteiger partial charge in [0.1, 0.15) is 6.04 Å². The Balaban J connectivity index is 1.82. The molecule has 0 aromatic rings. The number of hydrogen-bond donors (Lipinski definition) is 2. The predicted octanol–water partition coefficient (Wildman–Crippen LogP) is 1.68. The fourth-order valence-corrected chi connectivity index (χ4v) is 3.11. The van der Waals surface area contributed by atoms with Gasteiger partial charge in [0.05, 0.1) is 0 Å². The van der Waals surface area contributed by atoms with Crippen molar-refractivity contribution in [2.75, 3.05) is 13.1 Å². The number of nitrogens with zero attached hydrogens (tertiary/aromatic N) is 1. The highest BCUT2D eigenvalue weighted by molar-refractivity contribution is 5.83. The highest BCUT2D eigenvalue weighted by atomic mass is 16.4. The third-order valence-electron chi connectivity index (χ3n) is 4.35. The Bertz CT molecular complexity index is 332. The van der Waals surface area contributed by atoms with E-state index in [4.69, 9.17) is 5.11 Å². The first-order valence-corrected chi connectivity index (χ1v) is 6.87. The lowest BCUT2D eigenvalue weighted by molar-refractivity contribution is -0.141. The summed E-state index contributed by atoms with van der Waals surface area (Å²) in [5, 5.41) is 11.9. The van der Waals surface area contributed by atoms with Crippen LogP contribution in [0.5, 0.6) is 0 Å². The molecular formula is C13H22N2O3. The highest BCUT2D eigenvalue weighted by Gasteiger charge is 2.34. The molecule has 2 amide bonds. The number of carbonyl (C=O) groups is 2. The van der Waals surface area contributed by atoms with Crippen LogP contribution in [0.4, 0.5) is 4.79 Å². The van der Waals surface area contributed by atoms with Gasteiger partial charge in [0, 0.05) is 13.1 Å². The standard InChI is InChI=1S/C13H22N2O3/c1-9-4-2-5-10(9)8-14-13(18)15-7-3-6-11(15)12(16)17/h9-11H,2-8H2,1H3,(H,14,18)(H,16,17)/t9?,10?,11-/m0/s1. The monoisotopic (exact) mass is 254 g/mol. The van der Waals surface area contributed by atoms with E-state index in [0.29, 0.717) is 31.3 Å². The largest absolute Gasteiger partial charge is 0.480 e. The molecule has 0 bridgehead atoms. The molecule has 2 fully saturated rings. The molecule has 1 aliphatic heterocycles. The molecule has 2 unspecified atom stereocenters. The van der Waals surface area contributed by atoms with Gasteiger partial charge in [-0.2, -0.15) is 0 Å². The van der Waals surface area contributed by atoms with E-state index >= 15 is 0 Å². The lowest BCUT2D eigenvalue weighted by Gasteiger charge is -2.23. The summed E-state index contributed by atoms with van der Waals surface area (Å²) in [5.74, 6) is 0.330. The zero-order chi connectivity index (χ0) is 13.1. The van der Waals surface area contributed by atoms with Crippen LogP contribution < -0.4 is 5.32 Å². The fourth-order valence-electron chi connectivity index (χ4n) is 3.11. The Kier molecular flexibility index (Phi) is 4.09. The maximum atomic E-state index is 12.0. The maximum absolute atomic E-state index is 12.0. The molecule has 0 aromatic carbocycles. The third-order valence-corrected chi connectivity index (χ3v) is 4.35. The maximum Gasteiger partial charge on any atom is 0.326 e. The average Bonchev–Trinajstić information content (AvgIpc) is 2.94. The Morgan fingerprint density at radius 3 is 2.67 bits per heavy atom. The van der Waals surface area contributed by atoms with Crippen LogP contribution in [0.2, 0.25) is 0 Å². The molecular weight excluding hydrogens is 232 g/mol. The average molecular weight is 254 g/mol. The minimum Gasteiger partial charge on any atom is -0.480 e. The Morgan fingerprint density at radius 2 is 2.06 bits per heavy atom. The topological polar surface area (TPSA) is 69.6 Å². The third kappa shape index (κ3) is 2.76. The SMILES string of the molecule is CC1CCCC1CNC(=O)N1CCC[C@H]1C(=O)O. The van der Waals surface area contributed by atoms with Crippen molar-refractivity contribution in [3.63, 3.8) is 0 Å². The number of rotatable bonds is 3. The molecule has 5 nitrogen and oxygen atoms in total. The van der Waals surface area contributed by atoms with Gasteiger partial charge < -0.3 is 15.3 Å².